The van der Waals surface area contributed by atoms with Crippen LogP contribution in [-0.4, -0.2) is 58.9 Å². The van der Waals surface area contributed by atoms with Crippen molar-refractivity contribution in [2.75, 3.05) is 0 Å². The molecule has 5 fully saturated rings. The number of carboxylic acid groups (broad SMARTS) is 1. The molecule has 5 aliphatic rings. The molecule has 4 saturated heterocycles. The number of rotatable bonds is 8. The van der Waals surface area contributed by atoms with Gasteiger partial charge >= 0.3 is 11.9 Å². The number of aliphatic carboxylic acids is 1. The third-order valence-corrected chi connectivity index (χ3v) is 7.94. The minimum atomic E-state index is -1.46. The number of ether oxygens (including phenoxy) is 3. The lowest BCUT2D eigenvalue weighted by atomic mass is 9.58. The smallest absolute Gasteiger partial charge is 0.326 e. The second-order valence-corrected chi connectivity index (χ2v) is 10.4. The van der Waals surface area contributed by atoms with Gasteiger partial charge in [-0.1, -0.05) is 13.8 Å². The second kappa shape index (κ2) is 9.64. The molecule has 1 saturated carbocycles. The summed E-state index contributed by atoms with van der Waals surface area (Å²) in [7, 11) is 0. The highest BCUT2D eigenvalue weighted by atomic mass is 17.3. The van der Waals surface area contributed by atoms with Gasteiger partial charge in [-0.25, -0.2) is 14.6 Å². The molecule has 0 aromatic heterocycles. The molecule has 2 amide bonds. The largest absolute Gasteiger partial charge is 0.480 e. The molecule has 9 atom stereocenters. The van der Waals surface area contributed by atoms with E-state index in [9.17, 15) is 19.2 Å². The van der Waals surface area contributed by atoms with Crippen LogP contribution in [-0.2, 0) is 43.2 Å². The van der Waals surface area contributed by atoms with E-state index < -0.39 is 60.2 Å². The van der Waals surface area contributed by atoms with E-state index in [1.54, 1.807) is 6.92 Å². The van der Waals surface area contributed by atoms with E-state index in [1.807, 2.05) is 6.92 Å². The zero-order chi connectivity index (χ0) is 25.5. The number of esters is 1. The topological polar surface area (TPSA) is 173 Å². The van der Waals surface area contributed by atoms with Gasteiger partial charge in [-0.3, -0.25) is 14.4 Å². The van der Waals surface area contributed by atoms with Gasteiger partial charge in [-0.2, -0.15) is 0 Å². The van der Waals surface area contributed by atoms with Crippen LogP contribution in [0.25, 0.3) is 0 Å². The van der Waals surface area contributed by atoms with Gasteiger partial charge < -0.3 is 30.4 Å². The molecule has 1 spiro atoms. The SMILES string of the molecule is C[C@H]1[C@H](OC(=O)CCC(=O)N[C@@H](CC(N)=O)C(=O)O)O[C@@H]2O[C@]3(C)CC[C@H]4[C@H](C)CC[C@@H]1C24OO3. The lowest BCUT2D eigenvalue weighted by Crippen LogP contribution is -2.70. The Morgan fingerprint density at radius 2 is 1.86 bits per heavy atom. The Bertz CT molecular complexity index is 882. The van der Waals surface area contributed by atoms with Crippen LogP contribution in [0, 0.1) is 23.7 Å². The van der Waals surface area contributed by atoms with Crippen LogP contribution in [0.3, 0.4) is 0 Å². The molecule has 12 heteroatoms. The van der Waals surface area contributed by atoms with Crippen LogP contribution in [0.5, 0.6) is 0 Å². The maximum Gasteiger partial charge on any atom is 0.326 e. The Morgan fingerprint density at radius 1 is 1.11 bits per heavy atom. The predicted octanol–water partition coefficient (Wildman–Crippen LogP) is 0.963. The summed E-state index contributed by atoms with van der Waals surface area (Å²) >= 11 is 0. The molecule has 35 heavy (non-hydrogen) atoms. The summed E-state index contributed by atoms with van der Waals surface area (Å²) < 4.78 is 18.0. The monoisotopic (exact) mass is 498 g/mol. The fourth-order valence-electron chi connectivity index (χ4n) is 6.08. The zero-order valence-electron chi connectivity index (χ0n) is 20.2. The Hall–Kier alpha value is -2.28. The van der Waals surface area contributed by atoms with Gasteiger partial charge in [0.25, 0.3) is 0 Å². The molecule has 2 bridgehead atoms. The minimum absolute atomic E-state index is 0.0173. The molecule has 12 nitrogen and oxygen atoms in total. The lowest BCUT2D eigenvalue weighted by Gasteiger charge is -2.59. The van der Waals surface area contributed by atoms with Crippen LogP contribution in [0.15, 0.2) is 0 Å². The minimum Gasteiger partial charge on any atom is -0.480 e. The summed E-state index contributed by atoms with van der Waals surface area (Å²) in [5, 5.41) is 11.3. The molecular weight excluding hydrogens is 464 g/mol. The molecule has 196 valence electrons. The van der Waals surface area contributed by atoms with Crippen LogP contribution in [0.4, 0.5) is 0 Å². The molecule has 1 aliphatic carbocycles. The van der Waals surface area contributed by atoms with Crippen molar-refractivity contribution in [3.63, 3.8) is 0 Å². The van der Waals surface area contributed by atoms with Gasteiger partial charge in [0.1, 0.15) is 6.04 Å². The van der Waals surface area contributed by atoms with Crippen LogP contribution in [0.1, 0.15) is 65.7 Å². The fourth-order valence-corrected chi connectivity index (χ4v) is 6.08. The first kappa shape index (κ1) is 25.8. The molecule has 0 aromatic rings. The maximum absolute atomic E-state index is 12.6. The number of amides is 2. The highest BCUT2D eigenvalue weighted by Gasteiger charge is 2.69. The van der Waals surface area contributed by atoms with E-state index in [1.165, 1.54) is 0 Å². The summed E-state index contributed by atoms with van der Waals surface area (Å²) in [5.41, 5.74) is 4.23. The first-order valence-electron chi connectivity index (χ1n) is 12.2. The van der Waals surface area contributed by atoms with Crippen molar-refractivity contribution in [1.29, 1.82) is 0 Å². The Balaban J connectivity index is 1.38. The number of fused-ring (bicyclic) bond motifs is 2. The molecular formula is C23H34N2O10. The Morgan fingerprint density at radius 3 is 2.54 bits per heavy atom. The summed E-state index contributed by atoms with van der Waals surface area (Å²) in [6, 6.07) is -1.46. The summed E-state index contributed by atoms with van der Waals surface area (Å²) in [6.07, 6.45) is 0.584. The molecule has 4 heterocycles. The number of hydrogen-bond donors (Lipinski definition) is 3. The Kier molecular flexibility index (Phi) is 7.11. The summed E-state index contributed by atoms with van der Waals surface area (Å²) in [4.78, 5) is 58.6. The van der Waals surface area contributed by atoms with Crippen LogP contribution in [0.2, 0.25) is 0 Å². The summed E-state index contributed by atoms with van der Waals surface area (Å²) in [6.45, 7) is 5.95. The zero-order valence-corrected chi connectivity index (χ0v) is 20.2. The van der Waals surface area contributed by atoms with E-state index in [-0.39, 0.29) is 30.6 Å². The van der Waals surface area contributed by atoms with Crippen LogP contribution >= 0.6 is 0 Å². The molecule has 4 aliphatic heterocycles. The third-order valence-electron chi connectivity index (χ3n) is 7.94. The van der Waals surface area contributed by atoms with Crippen molar-refractivity contribution in [2.45, 2.75) is 95.7 Å². The molecule has 0 radical (unpaired) electrons. The van der Waals surface area contributed by atoms with E-state index in [0.717, 1.165) is 19.3 Å². The van der Waals surface area contributed by atoms with E-state index in [4.69, 9.17) is 34.8 Å². The number of hydrogen-bond acceptors (Lipinski definition) is 9. The standard InChI is InChI=1S/C23H34N2O10/c1-11-4-5-14-12(2)20(32-21-23(14)13(11)8-9-22(3,33-21)34-35-23)31-18(28)7-6-17(27)25-15(19(29)30)10-16(24)26/h11-15,20-21H,4-10H2,1-3H3,(H2,24,26)(H,25,27)(H,29,30)/t11-,12-,13+,14+,15+,20-,21-,22+,23?/m1/s1. The highest BCUT2D eigenvalue weighted by Crippen LogP contribution is 2.60. The fraction of sp³-hybridized carbons (Fsp3) is 0.826. The number of primary amides is 1. The third kappa shape index (κ3) is 4.89. The normalized spacial score (nSPS) is 40.7. The van der Waals surface area contributed by atoms with Crippen LogP contribution < -0.4 is 11.1 Å². The van der Waals surface area contributed by atoms with Gasteiger partial charge in [-0.15, -0.1) is 0 Å². The van der Waals surface area contributed by atoms with Crippen molar-refractivity contribution < 1.29 is 48.3 Å². The van der Waals surface area contributed by atoms with Crippen molar-refractivity contribution in [2.24, 2.45) is 29.4 Å². The van der Waals surface area contributed by atoms with E-state index in [0.29, 0.717) is 12.3 Å². The van der Waals surface area contributed by atoms with Gasteiger partial charge in [0.15, 0.2) is 11.9 Å². The predicted molar refractivity (Wildman–Crippen MR) is 116 cm³/mol. The lowest BCUT2D eigenvalue weighted by molar-refractivity contribution is -0.576. The van der Waals surface area contributed by atoms with Gasteiger partial charge in [0.2, 0.25) is 23.9 Å². The number of nitrogens with one attached hydrogen (secondary N) is 1. The van der Waals surface area contributed by atoms with E-state index in [2.05, 4.69) is 12.2 Å². The van der Waals surface area contributed by atoms with E-state index >= 15 is 0 Å². The molecule has 1 unspecified atom stereocenters. The number of nitrogens with two attached hydrogens (primary N) is 1. The van der Waals surface area contributed by atoms with Crippen molar-refractivity contribution >= 4 is 23.8 Å². The highest BCUT2D eigenvalue weighted by molar-refractivity contribution is 5.89. The quantitative estimate of drug-likeness (QED) is 0.323. The molecule has 5 rings (SSSR count). The number of carboxylic acids is 1. The van der Waals surface area contributed by atoms with Crippen molar-refractivity contribution in [1.82, 2.24) is 5.32 Å². The first-order valence-corrected chi connectivity index (χ1v) is 12.2. The molecule has 4 N–H and O–H groups in total. The van der Waals surface area contributed by atoms with Crippen molar-refractivity contribution in [3.8, 4) is 0 Å². The summed E-state index contributed by atoms with van der Waals surface area (Å²) in [5.74, 6) is -4.23. The average Bonchev–Trinajstić information content (AvgIpc) is 3.01. The second-order valence-electron chi connectivity index (χ2n) is 10.4. The maximum atomic E-state index is 12.6. The van der Waals surface area contributed by atoms with Gasteiger partial charge in [0, 0.05) is 24.7 Å². The Labute approximate surface area is 203 Å². The van der Waals surface area contributed by atoms with Gasteiger partial charge in [0.05, 0.1) is 12.8 Å². The first-order chi connectivity index (χ1) is 16.4. The average molecular weight is 499 g/mol. The van der Waals surface area contributed by atoms with Crippen molar-refractivity contribution in [3.05, 3.63) is 0 Å². The molecule has 0 aromatic carbocycles. The number of carbonyl (C=O) groups excluding carboxylic acids is 3. The number of carbonyl (C=O) groups is 4. The van der Waals surface area contributed by atoms with Gasteiger partial charge in [-0.05, 0) is 38.0 Å².